The summed E-state index contributed by atoms with van der Waals surface area (Å²) in [5.74, 6) is 0.770. The summed E-state index contributed by atoms with van der Waals surface area (Å²) in [4.78, 5) is 4.10. The Morgan fingerprint density at radius 2 is 2.06 bits per heavy atom. The number of hydrogen-bond donors (Lipinski definition) is 2. The van der Waals surface area contributed by atoms with Gasteiger partial charge in [0.05, 0.1) is 12.2 Å². The number of nitrogens with zero attached hydrogens (tertiary/aromatic N) is 3. The Morgan fingerprint density at radius 1 is 1.38 bits per heavy atom. The van der Waals surface area contributed by atoms with Crippen molar-refractivity contribution < 1.29 is 10.2 Å². The molecule has 0 fully saturated rings. The highest BCUT2D eigenvalue weighted by molar-refractivity contribution is 4.90. The van der Waals surface area contributed by atoms with E-state index in [2.05, 4.69) is 17.0 Å². The molecule has 2 unspecified atom stereocenters. The van der Waals surface area contributed by atoms with E-state index >= 15 is 0 Å². The van der Waals surface area contributed by atoms with Crippen LogP contribution in [0.5, 0.6) is 0 Å². The van der Waals surface area contributed by atoms with Gasteiger partial charge in [-0.3, -0.25) is 4.68 Å². The van der Waals surface area contributed by atoms with E-state index in [-0.39, 0.29) is 5.92 Å². The Morgan fingerprint density at radius 3 is 2.62 bits per heavy atom. The second-order valence-corrected chi connectivity index (χ2v) is 4.41. The van der Waals surface area contributed by atoms with E-state index in [0.29, 0.717) is 6.42 Å². The number of rotatable bonds is 6. The van der Waals surface area contributed by atoms with Gasteiger partial charge >= 0.3 is 0 Å². The Bertz CT molecular complexity index is 312. The molecule has 1 aromatic heterocycles. The third kappa shape index (κ3) is 3.28. The maximum atomic E-state index is 9.82. The van der Waals surface area contributed by atoms with E-state index in [1.807, 2.05) is 13.8 Å². The fourth-order valence-electron chi connectivity index (χ4n) is 1.60. The third-order valence-corrected chi connectivity index (χ3v) is 2.60. The van der Waals surface area contributed by atoms with Gasteiger partial charge in [0.2, 0.25) is 0 Å². The van der Waals surface area contributed by atoms with Crippen molar-refractivity contribution >= 4 is 0 Å². The van der Waals surface area contributed by atoms with Gasteiger partial charge in [0.25, 0.3) is 0 Å². The van der Waals surface area contributed by atoms with Crippen LogP contribution in [0.2, 0.25) is 0 Å². The van der Waals surface area contributed by atoms with Crippen LogP contribution in [0.15, 0.2) is 6.33 Å². The van der Waals surface area contributed by atoms with Crippen molar-refractivity contribution in [2.45, 2.75) is 52.4 Å². The molecule has 0 spiro atoms. The van der Waals surface area contributed by atoms with Crippen molar-refractivity contribution in [3.63, 3.8) is 0 Å². The molecule has 0 amide bonds. The summed E-state index contributed by atoms with van der Waals surface area (Å²) in [6, 6.07) is 0. The van der Waals surface area contributed by atoms with Crippen LogP contribution in [0.4, 0.5) is 0 Å². The molecular formula is C11H21N3O2. The van der Waals surface area contributed by atoms with Crippen LogP contribution in [0, 0.1) is 5.92 Å². The van der Waals surface area contributed by atoms with Gasteiger partial charge in [-0.25, -0.2) is 4.98 Å². The lowest BCUT2D eigenvalue weighted by Gasteiger charge is -2.20. The van der Waals surface area contributed by atoms with Crippen LogP contribution in [0.25, 0.3) is 0 Å². The lowest BCUT2D eigenvalue weighted by atomic mass is 9.99. The van der Waals surface area contributed by atoms with E-state index in [1.165, 1.54) is 6.33 Å². The SMILES string of the molecule is CCCn1ncnc1CC(O)C(O)C(C)C. The quantitative estimate of drug-likeness (QED) is 0.747. The normalized spacial score (nSPS) is 15.4. The zero-order chi connectivity index (χ0) is 12.1. The van der Waals surface area contributed by atoms with Crippen LogP contribution in [-0.2, 0) is 13.0 Å². The Kier molecular flexibility index (Phi) is 4.89. The van der Waals surface area contributed by atoms with Crippen molar-refractivity contribution in [1.29, 1.82) is 0 Å². The number of aliphatic hydroxyl groups is 2. The summed E-state index contributed by atoms with van der Waals surface area (Å²) >= 11 is 0. The summed E-state index contributed by atoms with van der Waals surface area (Å²) < 4.78 is 1.77. The number of aryl methyl sites for hydroxylation is 1. The van der Waals surface area contributed by atoms with Crippen molar-refractivity contribution in [1.82, 2.24) is 14.8 Å². The van der Waals surface area contributed by atoms with Crippen molar-refractivity contribution in [3.8, 4) is 0 Å². The fourth-order valence-corrected chi connectivity index (χ4v) is 1.60. The summed E-state index contributed by atoms with van der Waals surface area (Å²) in [5.41, 5.74) is 0. The minimum Gasteiger partial charge on any atom is -0.390 e. The van der Waals surface area contributed by atoms with Gasteiger partial charge in [-0.2, -0.15) is 5.10 Å². The van der Waals surface area contributed by atoms with Gasteiger partial charge in [-0.05, 0) is 12.3 Å². The smallest absolute Gasteiger partial charge is 0.138 e. The largest absolute Gasteiger partial charge is 0.390 e. The van der Waals surface area contributed by atoms with Gasteiger partial charge in [0.15, 0.2) is 0 Å². The van der Waals surface area contributed by atoms with E-state index in [9.17, 15) is 10.2 Å². The van der Waals surface area contributed by atoms with Crippen LogP contribution >= 0.6 is 0 Å². The fraction of sp³-hybridized carbons (Fsp3) is 0.818. The molecule has 2 atom stereocenters. The van der Waals surface area contributed by atoms with Crippen molar-refractivity contribution in [2.24, 2.45) is 5.92 Å². The van der Waals surface area contributed by atoms with E-state index in [1.54, 1.807) is 4.68 Å². The predicted octanol–water partition coefficient (Wildman–Crippen LogP) is 0.608. The minimum absolute atomic E-state index is 0.0394. The maximum absolute atomic E-state index is 9.82. The summed E-state index contributed by atoms with van der Waals surface area (Å²) in [5, 5.41) is 23.6. The molecule has 0 radical (unpaired) electrons. The second-order valence-electron chi connectivity index (χ2n) is 4.41. The molecule has 1 heterocycles. The summed E-state index contributed by atoms with van der Waals surface area (Å²) in [7, 11) is 0. The van der Waals surface area contributed by atoms with Crippen molar-refractivity contribution in [3.05, 3.63) is 12.2 Å². The maximum Gasteiger partial charge on any atom is 0.138 e. The number of aliphatic hydroxyl groups excluding tert-OH is 2. The lowest BCUT2D eigenvalue weighted by Crippen LogP contribution is -2.33. The number of aromatic nitrogens is 3. The molecule has 16 heavy (non-hydrogen) atoms. The average molecular weight is 227 g/mol. The van der Waals surface area contributed by atoms with Crippen molar-refractivity contribution in [2.75, 3.05) is 0 Å². The first-order valence-corrected chi connectivity index (χ1v) is 5.79. The molecule has 0 aliphatic rings. The minimum atomic E-state index is -0.778. The lowest BCUT2D eigenvalue weighted by molar-refractivity contribution is -0.00878. The molecule has 92 valence electrons. The molecule has 1 rings (SSSR count). The summed E-state index contributed by atoms with van der Waals surface area (Å²) in [6.07, 6.45) is 1.31. The Labute approximate surface area is 96.1 Å². The third-order valence-electron chi connectivity index (χ3n) is 2.60. The molecule has 0 saturated heterocycles. The molecule has 0 saturated carbocycles. The Balaban J connectivity index is 2.61. The molecule has 1 aromatic rings. The highest BCUT2D eigenvalue weighted by Crippen LogP contribution is 2.10. The van der Waals surface area contributed by atoms with Gasteiger partial charge in [0, 0.05) is 13.0 Å². The molecule has 0 aromatic carbocycles. The van der Waals surface area contributed by atoms with Crippen LogP contribution < -0.4 is 0 Å². The van der Waals surface area contributed by atoms with Crippen LogP contribution in [-0.4, -0.2) is 37.2 Å². The van der Waals surface area contributed by atoms with Crippen LogP contribution in [0.1, 0.15) is 33.0 Å². The molecule has 0 bridgehead atoms. The second kappa shape index (κ2) is 5.96. The standard InChI is InChI=1S/C11H21N3O2/c1-4-5-14-10(12-7-13-14)6-9(15)11(16)8(2)3/h7-9,11,15-16H,4-6H2,1-3H3. The first-order chi connectivity index (χ1) is 7.56. The first kappa shape index (κ1) is 13.1. The Hall–Kier alpha value is -0.940. The molecule has 0 aliphatic carbocycles. The molecule has 5 nitrogen and oxygen atoms in total. The average Bonchev–Trinajstić information content (AvgIpc) is 2.65. The monoisotopic (exact) mass is 227 g/mol. The number of hydrogen-bond acceptors (Lipinski definition) is 4. The van der Waals surface area contributed by atoms with Gasteiger partial charge in [0.1, 0.15) is 12.2 Å². The molecule has 2 N–H and O–H groups in total. The highest BCUT2D eigenvalue weighted by Gasteiger charge is 2.21. The predicted molar refractivity (Wildman–Crippen MR) is 60.9 cm³/mol. The van der Waals surface area contributed by atoms with E-state index in [0.717, 1.165) is 18.8 Å². The van der Waals surface area contributed by atoms with Gasteiger partial charge in [-0.15, -0.1) is 0 Å². The first-order valence-electron chi connectivity index (χ1n) is 5.79. The zero-order valence-corrected chi connectivity index (χ0v) is 10.2. The topological polar surface area (TPSA) is 71.2 Å². The van der Waals surface area contributed by atoms with Crippen LogP contribution in [0.3, 0.4) is 0 Å². The molecule has 5 heteroatoms. The summed E-state index contributed by atoms with van der Waals surface area (Å²) in [6.45, 7) is 6.61. The van der Waals surface area contributed by atoms with E-state index in [4.69, 9.17) is 0 Å². The van der Waals surface area contributed by atoms with E-state index < -0.39 is 12.2 Å². The van der Waals surface area contributed by atoms with Gasteiger partial charge in [-0.1, -0.05) is 20.8 Å². The molecular weight excluding hydrogens is 206 g/mol. The molecule has 0 aliphatic heterocycles. The zero-order valence-electron chi connectivity index (χ0n) is 10.2. The van der Waals surface area contributed by atoms with Gasteiger partial charge < -0.3 is 10.2 Å². The highest BCUT2D eigenvalue weighted by atomic mass is 16.3.